The number of nitrogens with zero attached hydrogens (tertiary/aromatic N) is 3. The van der Waals surface area contributed by atoms with E-state index in [-0.39, 0.29) is 24.6 Å². The predicted octanol–water partition coefficient (Wildman–Crippen LogP) is 2.06. The van der Waals surface area contributed by atoms with Crippen molar-refractivity contribution in [3.8, 4) is 0 Å². The molecule has 13 nitrogen and oxygen atoms in total. The Morgan fingerprint density at radius 3 is 2.46 bits per heavy atom. The molecule has 4 aromatic rings. The third kappa shape index (κ3) is 6.88. The summed E-state index contributed by atoms with van der Waals surface area (Å²) in [5.74, 6) is -0.958. The molecule has 2 aromatic carbocycles. The maximum absolute atomic E-state index is 12.9. The zero-order valence-electron chi connectivity index (χ0n) is 21.1. The summed E-state index contributed by atoms with van der Waals surface area (Å²) >= 11 is 0. The number of benzene rings is 2. The highest BCUT2D eigenvalue weighted by atomic mass is 31.2. The third-order valence-corrected chi connectivity index (χ3v) is 7.32. The van der Waals surface area contributed by atoms with E-state index in [4.69, 9.17) is 15.5 Å². The van der Waals surface area contributed by atoms with Gasteiger partial charge in [0.2, 0.25) is 5.91 Å². The minimum atomic E-state index is -4.08. The van der Waals surface area contributed by atoms with Gasteiger partial charge in [0.05, 0.1) is 28.5 Å². The van der Waals surface area contributed by atoms with Gasteiger partial charge >= 0.3 is 13.6 Å². The Kier molecular flexibility index (Phi) is 8.14. The van der Waals surface area contributed by atoms with E-state index in [1.54, 1.807) is 43.4 Å². The first-order valence-electron chi connectivity index (χ1n) is 12.2. The Bertz CT molecular complexity index is 1610. The lowest BCUT2D eigenvalue weighted by atomic mass is 10.1. The summed E-state index contributed by atoms with van der Waals surface area (Å²) in [6, 6.07) is 8.72. The van der Waals surface area contributed by atoms with Crippen molar-refractivity contribution in [3.63, 3.8) is 0 Å². The standard InChI is InChI=1S/C25H29N6O7P/c1-31-20-12-15(24(33)30-18(25(34)35)5-3-2-4-10-39(36,37)38)7-9-17(20)29-22(31)13-21-27-16-8-6-14(23(26)32)11-19(16)28-21/h6-9,11-12,18H,2-5,10,13H2,1H3,(H2,26,32)(H,27,28)(H,30,33)(H,34,35)(H2,36,37,38). The second-order valence-corrected chi connectivity index (χ2v) is 11.1. The molecule has 0 aliphatic rings. The molecule has 7 N–H and O–H groups in total. The number of carboxylic acids is 1. The number of carbonyl (C=O) groups is 3. The Balaban J connectivity index is 1.45. The number of unbranched alkanes of at least 4 members (excludes halogenated alkanes) is 2. The Hall–Kier alpha value is -4.06. The van der Waals surface area contributed by atoms with Gasteiger partial charge in [-0.3, -0.25) is 14.2 Å². The van der Waals surface area contributed by atoms with Crippen LogP contribution in [0.4, 0.5) is 0 Å². The third-order valence-electron chi connectivity index (χ3n) is 6.42. The fourth-order valence-electron chi connectivity index (χ4n) is 4.33. The molecular formula is C25H29N6O7P. The highest BCUT2D eigenvalue weighted by molar-refractivity contribution is 7.51. The van der Waals surface area contributed by atoms with Crippen molar-refractivity contribution < 1.29 is 33.8 Å². The van der Waals surface area contributed by atoms with Crippen molar-refractivity contribution in [2.75, 3.05) is 6.16 Å². The maximum Gasteiger partial charge on any atom is 0.326 e. The number of primary amides is 1. The first kappa shape index (κ1) is 28.0. The first-order valence-corrected chi connectivity index (χ1v) is 14.0. The van der Waals surface area contributed by atoms with Crippen LogP contribution in [-0.2, 0) is 22.8 Å². The van der Waals surface area contributed by atoms with E-state index in [2.05, 4.69) is 20.3 Å². The number of amides is 2. The summed E-state index contributed by atoms with van der Waals surface area (Å²) in [5.41, 5.74) is 8.67. The number of fused-ring (bicyclic) bond motifs is 2. The lowest BCUT2D eigenvalue weighted by Gasteiger charge is -2.14. The molecule has 206 valence electrons. The predicted molar refractivity (Wildman–Crippen MR) is 142 cm³/mol. The van der Waals surface area contributed by atoms with Crippen LogP contribution in [0.3, 0.4) is 0 Å². The first-order chi connectivity index (χ1) is 18.4. The fourth-order valence-corrected chi connectivity index (χ4v) is 4.97. The van der Waals surface area contributed by atoms with Crippen molar-refractivity contribution in [3.05, 3.63) is 59.2 Å². The van der Waals surface area contributed by atoms with Gasteiger partial charge in [0.1, 0.15) is 17.7 Å². The molecule has 0 spiro atoms. The zero-order valence-corrected chi connectivity index (χ0v) is 22.0. The van der Waals surface area contributed by atoms with Gasteiger partial charge in [0, 0.05) is 24.3 Å². The van der Waals surface area contributed by atoms with E-state index in [1.807, 2.05) is 4.57 Å². The molecule has 0 fully saturated rings. The van der Waals surface area contributed by atoms with Crippen LogP contribution < -0.4 is 11.1 Å². The average molecular weight is 557 g/mol. The number of aryl methyl sites for hydroxylation is 1. The highest BCUT2D eigenvalue weighted by Crippen LogP contribution is 2.35. The van der Waals surface area contributed by atoms with Crippen LogP contribution >= 0.6 is 7.60 Å². The smallest absolute Gasteiger partial charge is 0.326 e. The van der Waals surface area contributed by atoms with Crippen molar-refractivity contribution >= 4 is 47.4 Å². The highest BCUT2D eigenvalue weighted by Gasteiger charge is 2.22. The lowest BCUT2D eigenvalue weighted by molar-refractivity contribution is -0.139. The van der Waals surface area contributed by atoms with E-state index in [0.29, 0.717) is 58.5 Å². The van der Waals surface area contributed by atoms with Crippen LogP contribution in [0.2, 0.25) is 0 Å². The molecule has 0 aliphatic carbocycles. The van der Waals surface area contributed by atoms with Crippen LogP contribution in [-0.4, -0.2) is 64.4 Å². The molecule has 0 saturated heterocycles. The largest absolute Gasteiger partial charge is 0.480 e. The van der Waals surface area contributed by atoms with Crippen LogP contribution in [0.1, 0.15) is 58.0 Å². The normalized spacial score (nSPS) is 12.6. The van der Waals surface area contributed by atoms with E-state index >= 15 is 0 Å². The van der Waals surface area contributed by atoms with Crippen LogP contribution in [0.15, 0.2) is 36.4 Å². The number of carbonyl (C=O) groups excluding carboxylic acids is 2. The summed E-state index contributed by atoms with van der Waals surface area (Å²) in [5, 5.41) is 12.1. The number of nitrogens with two attached hydrogens (primary N) is 1. The minimum absolute atomic E-state index is 0.138. The molecule has 1 atom stereocenters. The van der Waals surface area contributed by atoms with E-state index < -0.39 is 31.4 Å². The number of aromatic amines is 1. The van der Waals surface area contributed by atoms with Crippen LogP contribution in [0, 0.1) is 0 Å². The SMILES string of the molecule is Cn1c(Cc2nc3ccc(C(N)=O)cc3[nH]2)nc2ccc(C(=O)NC(CCCCCP(=O)(O)O)C(=O)O)cc21. The number of carboxylic acid groups (broad SMARTS) is 1. The molecule has 2 amide bonds. The maximum atomic E-state index is 12.9. The van der Waals surface area contributed by atoms with Gasteiger partial charge in [-0.05, 0) is 49.2 Å². The van der Waals surface area contributed by atoms with Gasteiger partial charge in [-0.1, -0.05) is 12.8 Å². The lowest BCUT2D eigenvalue weighted by Crippen LogP contribution is -2.40. The zero-order chi connectivity index (χ0) is 28.3. The molecule has 4 rings (SSSR count). The van der Waals surface area contributed by atoms with E-state index in [1.165, 1.54) is 0 Å². The minimum Gasteiger partial charge on any atom is -0.480 e. The average Bonchev–Trinajstić information content (AvgIpc) is 3.41. The number of aliphatic carboxylic acids is 1. The molecule has 0 bridgehead atoms. The van der Waals surface area contributed by atoms with Gasteiger partial charge in [-0.25, -0.2) is 14.8 Å². The van der Waals surface area contributed by atoms with Gasteiger partial charge in [0.15, 0.2) is 0 Å². The second-order valence-electron chi connectivity index (χ2n) is 9.35. The molecule has 14 heteroatoms. The van der Waals surface area contributed by atoms with Gasteiger partial charge < -0.3 is 35.5 Å². The molecule has 0 radical (unpaired) electrons. The summed E-state index contributed by atoms with van der Waals surface area (Å²) in [6.07, 6.45) is 1.34. The van der Waals surface area contributed by atoms with E-state index in [0.717, 1.165) is 0 Å². The summed E-state index contributed by atoms with van der Waals surface area (Å²) in [4.78, 5) is 66.2. The van der Waals surface area contributed by atoms with Crippen molar-refractivity contribution in [2.24, 2.45) is 12.8 Å². The number of hydrogen-bond donors (Lipinski definition) is 6. The monoisotopic (exact) mass is 556 g/mol. The summed E-state index contributed by atoms with van der Waals surface area (Å²) in [7, 11) is -2.28. The van der Waals surface area contributed by atoms with Gasteiger partial charge in [-0.2, -0.15) is 0 Å². The van der Waals surface area contributed by atoms with Gasteiger partial charge in [-0.15, -0.1) is 0 Å². The number of nitrogens with one attached hydrogen (secondary N) is 2. The molecule has 1 unspecified atom stereocenters. The Labute approximate surface area is 222 Å². The number of rotatable bonds is 12. The Morgan fingerprint density at radius 1 is 1.05 bits per heavy atom. The van der Waals surface area contributed by atoms with Crippen molar-refractivity contribution in [1.29, 1.82) is 0 Å². The van der Waals surface area contributed by atoms with Crippen LogP contribution in [0.25, 0.3) is 22.1 Å². The fraction of sp³-hybridized carbons (Fsp3) is 0.320. The molecule has 2 aromatic heterocycles. The number of H-pyrrole nitrogens is 1. The molecule has 39 heavy (non-hydrogen) atoms. The Morgan fingerprint density at radius 2 is 1.77 bits per heavy atom. The number of imidazole rings is 2. The van der Waals surface area contributed by atoms with Crippen molar-refractivity contribution in [2.45, 2.75) is 38.1 Å². The summed E-state index contributed by atoms with van der Waals surface area (Å²) in [6.45, 7) is 0. The molecule has 2 heterocycles. The molecule has 0 saturated carbocycles. The van der Waals surface area contributed by atoms with Crippen LogP contribution in [0.5, 0.6) is 0 Å². The summed E-state index contributed by atoms with van der Waals surface area (Å²) < 4.78 is 12.8. The number of aromatic nitrogens is 4. The molecular weight excluding hydrogens is 527 g/mol. The number of hydrogen-bond acceptors (Lipinski definition) is 6. The molecule has 0 aliphatic heterocycles. The quantitative estimate of drug-likeness (QED) is 0.111. The van der Waals surface area contributed by atoms with Crippen molar-refractivity contribution in [1.82, 2.24) is 24.8 Å². The van der Waals surface area contributed by atoms with E-state index in [9.17, 15) is 24.1 Å². The topological polar surface area (TPSA) is 214 Å². The second kappa shape index (κ2) is 11.4. The van der Waals surface area contributed by atoms with Gasteiger partial charge in [0.25, 0.3) is 5.91 Å².